The number of hydrogen-bond donors (Lipinski definition) is 1. The third-order valence-electron chi connectivity index (χ3n) is 3.85. The Morgan fingerprint density at radius 1 is 1.31 bits per heavy atom. The van der Waals surface area contributed by atoms with Gasteiger partial charge in [0.2, 0.25) is 5.28 Å². The number of imidazole rings is 1. The number of primary amides is 1. The highest BCUT2D eigenvalue weighted by molar-refractivity contribution is 6.28. The van der Waals surface area contributed by atoms with Gasteiger partial charge in [-0.15, -0.1) is 0 Å². The van der Waals surface area contributed by atoms with Crippen molar-refractivity contribution < 1.29 is 14.3 Å². The quantitative estimate of drug-likeness (QED) is 0.679. The van der Waals surface area contributed by atoms with Crippen LogP contribution in [0.15, 0.2) is 24.5 Å². The first-order chi connectivity index (χ1) is 12.4. The van der Waals surface area contributed by atoms with Gasteiger partial charge in [-0.2, -0.15) is 9.97 Å². The lowest BCUT2D eigenvalue weighted by Crippen LogP contribution is -2.21. The van der Waals surface area contributed by atoms with Gasteiger partial charge >= 0.3 is 6.03 Å². The molecule has 2 heterocycles. The summed E-state index contributed by atoms with van der Waals surface area (Å²) in [4.78, 5) is 25.8. The van der Waals surface area contributed by atoms with E-state index < -0.39 is 6.03 Å². The van der Waals surface area contributed by atoms with Crippen molar-refractivity contribution in [3.63, 3.8) is 0 Å². The van der Waals surface area contributed by atoms with E-state index in [2.05, 4.69) is 15.0 Å². The molecule has 26 heavy (non-hydrogen) atoms. The maximum Gasteiger partial charge on any atom is 0.325 e. The number of carbonyl (C=O) groups is 1. The van der Waals surface area contributed by atoms with Crippen LogP contribution in [0.25, 0.3) is 11.2 Å². The van der Waals surface area contributed by atoms with Crippen molar-refractivity contribution in [3.8, 4) is 11.5 Å². The van der Waals surface area contributed by atoms with E-state index in [1.807, 2.05) is 24.1 Å². The van der Waals surface area contributed by atoms with Crippen LogP contribution in [0.4, 0.5) is 10.6 Å². The predicted octanol–water partition coefficient (Wildman–Crippen LogP) is 2.06. The van der Waals surface area contributed by atoms with E-state index in [0.717, 1.165) is 10.1 Å². The number of fused-ring (bicyclic) bond motifs is 1. The largest absolute Gasteiger partial charge is 0.497 e. The summed E-state index contributed by atoms with van der Waals surface area (Å²) in [6.07, 6.45) is 1.29. The normalized spacial score (nSPS) is 10.8. The molecule has 0 radical (unpaired) electrons. The van der Waals surface area contributed by atoms with Gasteiger partial charge in [0, 0.05) is 25.2 Å². The molecule has 0 aliphatic rings. The Kier molecular flexibility index (Phi) is 4.81. The number of methoxy groups -OCH3 is 2. The zero-order valence-electron chi connectivity index (χ0n) is 14.4. The molecular formula is C16H17ClN6O3. The summed E-state index contributed by atoms with van der Waals surface area (Å²) in [5.74, 6) is 1.84. The molecule has 2 aromatic heterocycles. The van der Waals surface area contributed by atoms with Gasteiger partial charge in [-0.05, 0) is 23.7 Å². The first-order valence-corrected chi connectivity index (χ1v) is 7.94. The van der Waals surface area contributed by atoms with Crippen LogP contribution in [0.5, 0.6) is 11.5 Å². The Hall–Kier alpha value is -3.07. The van der Waals surface area contributed by atoms with E-state index in [1.54, 1.807) is 20.3 Å². The number of aromatic nitrogens is 4. The van der Waals surface area contributed by atoms with E-state index in [9.17, 15) is 4.79 Å². The number of benzene rings is 1. The maximum absolute atomic E-state index is 11.5. The highest BCUT2D eigenvalue weighted by atomic mass is 35.5. The van der Waals surface area contributed by atoms with Gasteiger partial charge in [0.25, 0.3) is 0 Å². The highest BCUT2D eigenvalue weighted by Gasteiger charge is 2.19. The van der Waals surface area contributed by atoms with E-state index in [1.165, 1.54) is 6.33 Å². The molecule has 0 spiro atoms. The molecule has 0 fully saturated rings. The first kappa shape index (κ1) is 17.7. The summed E-state index contributed by atoms with van der Waals surface area (Å²) >= 11 is 6.02. The molecule has 3 rings (SSSR count). The predicted molar refractivity (Wildman–Crippen MR) is 97.0 cm³/mol. The number of rotatable bonds is 5. The molecule has 0 bridgehead atoms. The lowest BCUT2D eigenvalue weighted by atomic mass is 10.1. The van der Waals surface area contributed by atoms with Crippen LogP contribution in [0, 0.1) is 0 Å². The molecule has 9 nitrogen and oxygen atoms in total. The summed E-state index contributed by atoms with van der Waals surface area (Å²) in [6.45, 7) is 0.457. The zero-order chi connectivity index (χ0) is 18.8. The second kappa shape index (κ2) is 7.04. The number of ether oxygens (including phenoxy) is 2. The highest BCUT2D eigenvalue weighted by Crippen LogP contribution is 2.29. The van der Waals surface area contributed by atoms with E-state index in [4.69, 9.17) is 26.8 Å². The first-order valence-electron chi connectivity index (χ1n) is 7.57. The summed E-state index contributed by atoms with van der Waals surface area (Å²) < 4.78 is 11.8. The Bertz CT molecular complexity index is 974. The van der Waals surface area contributed by atoms with Gasteiger partial charge < -0.3 is 20.1 Å². The molecule has 0 saturated heterocycles. The standard InChI is InChI=1S/C16H17ClN6O3/c1-22(7-9-4-5-10(25-2)6-11(9)26-3)13-12-14(21-15(17)20-13)23(8-19-12)16(18)24/h4-6,8H,7H2,1-3H3,(H2,18,24). The third-order valence-corrected chi connectivity index (χ3v) is 4.02. The zero-order valence-corrected chi connectivity index (χ0v) is 15.2. The minimum absolute atomic E-state index is 0.0101. The lowest BCUT2D eigenvalue weighted by molar-refractivity contribution is 0.251. The molecule has 10 heteroatoms. The molecule has 3 aromatic rings. The smallest absolute Gasteiger partial charge is 0.325 e. The summed E-state index contributed by atoms with van der Waals surface area (Å²) in [7, 11) is 5.01. The number of anilines is 1. The van der Waals surface area contributed by atoms with Crippen LogP contribution in [-0.2, 0) is 6.54 Å². The number of carbonyl (C=O) groups excluding carboxylic acids is 1. The number of amides is 1. The minimum atomic E-state index is -0.701. The van der Waals surface area contributed by atoms with Gasteiger partial charge in [0.1, 0.15) is 17.8 Å². The maximum atomic E-state index is 11.5. The van der Waals surface area contributed by atoms with Gasteiger partial charge in [-0.1, -0.05) is 0 Å². The Morgan fingerprint density at radius 3 is 2.73 bits per heavy atom. The van der Waals surface area contributed by atoms with Crippen molar-refractivity contribution in [2.45, 2.75) is 6.54 Å². The number of halogens is 1. The molecule has 1 amide bonds. The fourth-order valence-electron chi connectivity index (χ4n) is 2.60. The third kappa shape index (κ3) is 3.21. The summed E-state index contributed by atoms with van der Waals surface area (Å²) in [6, 6.07) is 4.84. The van der Waals surface area contributed by atoms with Gasteiger partial charge in [-0.3, -0.25) is 0 Å². The second-order valence-electron chi connectivity index (χ2n) is 5.48. The van der Waals surface area contributed by atoms with Gasteiger partial charge in [0.15, 0.2) is 17.0 Å². The van der Waals surface area contributed by atoms with E-state index in [-0.39, 0.29) is 10.9 Å². The van der Waals surface area contributed by atoms with Crippen molar-refractivity contribution in [2.75, 3.05) is 26.2 Å². The molecule has 136 valence electrons. The van der Waals surface area contributed by atoms with Crippen molar-refractivity contribution in [2.24, 2.45) is 5.73 Å². The topological polar surface area (TPSA) is 108 Å². The van der Waals surface area contributed by atoms with Gasteiger partial charge in [0.05, 0.1) is 14.2 Å². The number of nitrogens with zero attached hydrogens (tertiary/aromatic N) is 5. The Morgan fingerprint density at radius 2 is 2.08 bits per heavy atom. The molecule has 0 aliphatic heterocycles. The lowest BCUT2D eigenvalue weighted by Gasteiger charge is -2.20. The van der Waals surface area contributed by atoms with Crippen LogP contribution in [0.2, 0.25) is 5.28 Å². The monoisotopic (exact) mass is 376 g/mol. The average Bonchev–Trinajstić information content (AvgIpc) is 3.05. The van der Waals surface area contributed by atoms with Crippen LogP contribution < -0.4 is 20.1 Å². The average molecular weight is 377 g/mol. The van der Waals surface area contributed by atoms with Crippen molar-refractivity contribution in [3.05, 3.63) is 35.4 Å². The molecule has 0 atom stereocenters. The Balaban J connectivity index is 2.01. The van der Waals surface area contributed by atoms with Crippen molar-refractivity contribution in [1.82, 2.24) is 19.5 Å². The van der Waals surface area contributed by atoms with E-state index in [0.29, 0.717) is 29.4 Å². The second-order valence-corrected chi connectivity index (χ2v) is 5.81. The van der Waals surface area contributed by atoms with Crippen molar-refractivity contribution >= 4 is 34.6 Å². The van der Waals surface area contributed by atoms with Crippen LogP contribution in [0.1, 0.15) is 5.56 Å². The Labute approximate surface area is 154 Å². The molecular weight excluding hydrogens is 360 g/mol. The number of hydrogen-bond acceptors (Lipinski definition) is 7. The number of nitrogens with two attached hydrogens (primary N) is 1. The molecule has 0 unspecified atom stereocenters. The van der Waals surface area contributed by atoms with E-state index >= 15 is 0 Å². The SMILES string of the molecule is COc1ccc(CN(C)c2nc(Cl)nc3c2ncn3C(N)=O)c(OC)c1. The van der Waals surface area contributed by atoms with Gasteiger partial charge in [-0.25, -0.2) is 14.3 Å². The van der Waals surface area contributed by atoms with Crippen LogP contribution in [0.3, 0.4) is 0 Å². The van der Waals surface area contributed by atoms with Crippen LogP contribution >= 0.6 is 11.6 Å². The molecule has 2 N–H and O–H groups in total. The fourth-order valence-corrected chi connectivity index (χ4v) is 2.76. The molecule has 0 saturated carbocycles. The minimum Gasteiger partial charge on any atom is -0.497 e. The summed E-state index contributed by atoms with van der Waals surface area (Å²) in [5, 5.41) is -0.0101. The summed E-state index contributed by atoms with van der Waals surface area (Å²) in [5.41, 5.74) is 6.91. The fraction of sp³-hybridized carbons (Fsp3) is 0.250. The van der Waals surface area contributed by atoms with Crippen LogP contribution in [-0.4, -0.2) is 46.8 Å². The molecule has 0 aliphatic carbocycles. The molecule has 1 aromatic carbocycles. The van der Waals surface area contributed by atoms with Crippen molar-refractivity contribution in [1.29, 1.82) is 0 Å².